The first-order chi connectivity index (χ1) is 14.7. The second kappa shape index (κ2) is 9.61. The number of thioether (sulfide) groups is 1. The number of amides is 2. The van der Waals surface area contributed by atoms with Gasteiger partial charge in [0.2, 0.25) is 0 Å². The number of nitrogens with one attached hydrogen (secondary N) is 3. The average molecular weight is 444 g/mol. The molecule has 3 aromatic rings. The van der Waals surface area contributed by atoms with E-state index in [1.165, 1.54) is 30.2 Å². The summed E-state index contributed by atoms with van der Waals surface area (Å²) in [6, 6.07) is 10.7. The van der Waals surface area contributed by atoms with Crippen molar-refractivity contribution < 1.29 is 18.7 Å². The Morgan fingerprint density at radius 1 is 1.10 bits per heavy atom. The lowest BCUT2D eigenvalue weighted by molar-refractivity contribution is 0.0635. The SMILES string of the molecule is CC(C)(C)OC(=O)Nc1ccc(F)cc1NC(=O)c1ccc(CSc2ncn[nH]2)cc1. The summed E-state index contributed by atoms with van der Waals surface area (Å²) in [5.41, 5.74) is 1.04. The third-order valence-corrected chi connectivity index (χ3v) is 4.80. The van der Waals surface area contributed by atoms with Crippen molar-refractivity contribution in [2.45, 2.75) is 37.3 Å². The minimum Gasteiger partial charge on any atom is -0.444 e. The van der Waals surface area contributed by atoms with Crippen LogP contribution in [0.3, 0.4) is 0 Å². The van der Waals surface area contributed by atoms with Gasteiger partial charge in [-0.2, -0.15) is 5.10 Å². The fraction of sp³-hybridized carbons (Fsp3) is 0.238. The molecule has 0 unspecified atom stereocenters. The Kier molecular flexibility index (Phi) is 6.91. The molecule has 0 radical (unpaired) electrons. The quantitative estimate of drug-likeness (QED) is 0.471. The predicted octanol–water partition coefficient (Wildman–Crippen LogP) is 4.84. The van der Waals surface area contributed by atoms with Gasteiger partial charge in [0.15, 0.2) is 5.16 Å². The Morgan fingerprint density at radius 2 is 1.84 bits per heavy atom. The number of aromatic nitrogens is 3. The molecular weight excluding hydrogens is 421 g/mol. The number of aromatic amines is 1. The van der Waals surface area contributed by atoms with Crippen LogP contribution in [0.15, 0.2) is 53.9 Å². The van der Waals surface area contributed by atoms with Crippen molar-refractivity contribution >= 4 is 35.1 Å². The zero-order chi connectivity index (χ0) is 22.4. The van der Waals surface area contributed by atoms with Gasteiger partial charge in [-0.05, 0) is 56.7 Å². The molecule has 2 aromatic carbocycles. The molecule has 0 atom stereocenters. The fourth-order valence-electron chi connectivity index (χ4n) is 2.50. The van der Waals surface area contributed by atoms with Crippen LogP contribution in [0.4, 0.5) is 20.6 Å². The molecule has 0 aliphatic carbocycles. The average Bonchev–Trinajstić information content (AvgIpc) is 3.21. The molecule has 0 saturated carbocycles. The van der Waals surface area contributed by atoms with Crippen molar-refractivity contribution in [3.63, 3.8) is 0 Å². The van der Waals surface area contributed by atoms with Gasteiger partial charge in [0.05, 0.1) is 11.4 Å². The van der Waals surface area contributed by atoms with Crippen molar-refractivity contribution in [1.29, 1.82) is 0 Å². The molecule has 8 nitrogen and oxygen atoms in total. The van der Waals surface area contributed by atoms with E-state index in [9.17, 15) is 14.0 Å². The smallest absolute Gasteiger partial charge is 0.412 e. The monoisotopic (exact) mass is 443 g/mol. The van der Waals surface area contributed by atoms with Gasteiger partial charge < -0.3 is 10.1 Å². The summed E-state index contributed by atoms with van der Waals surface area (Å²) in [6.07, 6.45) is 0.733. The van der Waals surface area contributed by atoms with Gasteiger partial charge in [-0.25, -0.2) is 14.2 Å². The highest BCUT2D eigenvalue weighted by atomic mass is 32.2. The number of ether oxygens (including phenoxy) is 1. The maximum absolute atomic E-state index is 13.8. The molecule has 2 amide bonds. The van der Waals surface area contributed by atoms with Crippen molar-refractivity contribution in [2.24, 2.45) is 0 Å². The summed E-state index contributed by atoms with van der Waals surface area (Å²) in [5.74, 6) is -0.331. The lowest BCUT2D eigenvalue weighted by atomic mass is 10.1. The number of benzene rings is 2. The van der Waals surface area contributed by atoms with E-state index >= 15 is 0 Å². The molecule has 0 spiro atoms. The highest BCUT2D eigenvalue weighted by molar-refractivity contribution is 7.98. The Labute approximate surface area is 183 Å². The molecule has 0 fully saturated rings. The molecule has 10 heteroatoms. The molecule has 3 rings (SSSR count). The number of H-pyrrole nitrogens is 1. The van der Waals surface area contributed by atoms with Crippen LogP contribution in [0.1, 0.15) is 36.7 Å². The van der Waals surface area contributed by atoms with Gasteiger partial charge >= 0.3 is 6.09 Å². The standard InChI is InChI=1S/C21H22FN5O3S/c1-21(2,3)30-20(29)26-16-9-8-15(22)10-17(16)25-18(28)14-6-4-13(5-7-14)11-31-19-23-12-24-27-19/h4-10,12H,11H2,1-3H3,(H,25,28)(H,26,29)(H,23,24,27). The first kappa shape index (κ1) is 22.3. The van der Waals surface area contributed by atoms with Gasteiger partial charge in [0.1, 0.15) is 17.7 Å². The number of nitrogens with zero attached hydrogens (tertiary/aromatic N) is 2. The maximum atomic E-state index is 13.8. The lowest BCUT2D eigenvalue weighted by Crippen LogP contribution is -2.27. The summed E-state index contributed by atoms with van der Waals surface area (Å²) in [7, 11) is 0. The topological polar surface area (TPSA) is 109 Å². The highest BCUT2D eigenvalue weighted by Crippen LogP contribution is 2.25. The molecule has 0 aliphatic heterocycles. The number of anilines is 2. The van der Waals surface area contributed by atoms with Crippen LogP contribution in [0, 0.1) is 5.82 Å². The van der Waals surface area contributed by atoms with Crippen LogP contribution in [0.5, 0.6) is 0 Å². The summed E-state index contributed by atoms with van der Waals surface area (Å²) in [6.45, 7) is 5.19. The van der Waals surface area contributed by atoms with Crippen LogP contribution >= 0.6 is 11.8 Å². The van der Waals surface area contributed by atoms with E-state index < -0.39 is 23.4 Å². The first-order valence-corrected chi connectivity index (χ1v) is 10.4. The fourth-order valence-corrected chi connectivity index (χ4v) is 3.24. The molecule has 0 saturated heterocycles. The van der Waals surface area contributed by atoms with Crippen molar-refractivity contribution in [3.8, 4) is 0 Å². The number of hydrogen-bond donors (Lipinski definition) is 3. The van der Waals surface area contributed by atoms with E-state index in [4.69, 9.17) is 4.74 Å². The van der Waals surface area contributed by atoms with Crippen LogP contribution in [-0.4, -0.2) is 32.8 Å². The van der Waals surface area contributed by atoms with Crippen molar-refractivity contribution in [3.05, 3.63) is 65.7 Å². The van der Waals surface area contributed by atoms with Crippen molar-refractivity contribution in [1.82, 2.24) is 15.2 Å². The lowest BCUT2D eigenvalue weighted by Gasteiger charge is -2.20. The van der Waals surface area contributed by atoms with E-state index in [0.29, 0.717) is 16.5 Å². The molecule has 1 heterocycles. The summed E-state index contributed by atoms with van der Waals surface area (Å²) in [4.78, 5) is 28.7. The molecule has 0 bridgehead atoms. The summed E-state index contributed by atoms with van der Waals surface area (Å²) in [5, 5.41) is 12.4. The van der Waals surface area contributed by atoms with Crippen LogP contribution < -0.4 is 10.6 Å². The number of rotatable bonds is 6. The third kappa shape index (κ3) is 6.82. The number of carbonyl (C=O) groups excluding carboxylic acids is 2. The maximum Gasteiger partial charge on any atom is 0.412 e. The van der Waals surface area contributed by atoms with E-state index in [1.54, 1.807) is 32.9 Å². The Morgan fingerprint density at radius 3 is 2.48 bits per heavy atom. The van der Waals surface area contributed by atoms with Crippen LogP contribution in [0.2, 0.25) is 0 Å². The highest BCUT2D eigenvalue weighted by Gasteiger charge is 2.18. The van der Waals surface area contributed by atoms with E-state index in [2.05, 4.69) is 25.8 Å². The van der Waals surface area contributed by atoms with Gasteiger partial charge in [0, 0.05) is 11.3 Å². The molecule has 1 aromatic heterocycles. The summed E-state index contributed by atoms with van der Waals surface area (Å²) < 4.78 is 19.0. The van der Waals surface area contributed by atoms with Gasteiger partial charge in [-0.3, -0.25) is 15.2 Å². The predicted molar refractivity (Wildman–Crippen MR) is 117 cm³/mol. The second-order valence-electron chi connectivity index (χ2n) is 7.55. The van der Waals surface area contributed by atoms with Gasteiger partial charge in [-0.15, -0.1) is 0 Å². The first-order valence-electron chi connectivity index (χ1n) is 9.37. The molecule has 162 valence electrons. The normalized spacial score (nSPS) is 11.1. The Bertz CT molecular complexity index is 1050. The zero-order valence-corrected chi connectivity index (χ0v) is 18.0. The summed E-state index contributed by atoms with van der Waals surface area (Å²) >= 11 is 1.49. The van der Waals surface area contributed by atoms with E-state index in [1.807, 2.05) is 12.1 Å². The third-order valence-electron chi connectivity index (χ3n) is 3.85. The number of halogens is 1. The van der Waals surface area contributed by atoms with E-state index in [-0.39, 0.29) is 11.4 Å². The Hall–Kier alpha value is -3.40. The minimum absolute atomic E-state index is 0.126. The second-order valence-corrected chi connectivity index (χ2v) is 8.51. The number of carbonyl (C=O) groups is 2. The minimum atomic E-state index is -0.705. The number of hydrogen-bond acceptors (Lipinski definition) is 6. The largest absolute Gasteiger partial charge is 0.444 e. The van der Waals surface area contributed by atoms with Gasteiger partial charge in [0.25, 0.3) is 5.91 Å². The van der Waals surface area contributed by atoms with Crippen LogP contribution in [0.25, 0.3) is 0 Å². The Balaban J connectivity index is 1.66. The molecule has 31 heavy (non-hydrogen) atoms. The van der Waals surface area contributed by atoms with E-state index in [0.717, 1.165) is 11.6 Å². The molecule has 0 aliphatic rings. The van der Waals surface area contributed by atoms with Crippen LogP contribution in [-0.2, 0) is 10.5 Å². The molecular formula is C21H22FN5O3S. The molecule has 3 N–H and O–H groups in total. The zero-order valence-electron chi connectivity index (χ0n) is 17.2. The van der Waals surface area contributed by atoms with Crippen molar-refractivity contribution in [2.75, 3.05) is 10.6 Å². The van der Waals surface area contributed by atoms with Gasteiger partial charge in [-0.1, -0.05) is 23.9 Å².